The molecule has 0 spiro atoms. The molecule has 0 radical (unpaired) electrons. The van der Waals surface area contributed by atoms with Crippen molar-refractivity contribution in [2.45, 2.75) is 58.7 Å². The van der Waals surface area contributed by atoms with E-state index in [2.05, 4.69) is 78.6 Å². The summed E-state index contributed by atoms with van der Waals surface area (Å²) in [6, 6.07) is 8.65. The van der Waals surface area contributed by atoms with Crippen molar-refractivity contribution in [3.8, 4) is 5.75 Å². The normalized spacial score (nSPS) is 21.8. The summed E-state index contributed by atoms with van der Waals surface area (Å²) in [6.45, 7) is 20.1. The van der Waals surface area contributed by atoms with E-state index in [0.29, 0.717) is 5.92 Å². The molecule has 1 unspecified atom stereocenters. The lowest BCUT2D eigenvalue weighted by Crippen LogP contribution is -2.43. The van der Waals surface area contributed by atoms with Crippen LogP contribution in [0.25, 0.3) is 0 Å². The van der Waals surface area contributed by atoms with Gasteiger partial charge in [0, 0.05) is 5.92 Å². The Kier molecular flexibility index (Phi) is 3.45. The maximum Gasteiger partial charge on any atom is 0.250 e. The van der Waals surface area contributed by atoms with Crippen molar-refractivity contribution in [2.75, 3.05) is 0 Å². The predicted octanol–water partition coefficient (Wildman–Crippen LogP) is 5.75. The van der Waals surface area contributed by atoms with Crippen molar-refractivity contribution in [2.24, 2.45) is 5.41 Å². The standard InChI is InChI=1S/C18H28OSi/c1-13-16(18(13,5)6)14-9-11-15(12-10-14)19-20(7,8)17(2,3)4/h9-12,16H,1H2,2-8H3. The van der Waals surface area contributed by atoms with Gasteiger partial charge in [-0.25, -0.2) is 0 Å². The minimum Gasteiger partial charge on any atom is -0.544 e. The topological polar surface area (TPSA) is 9.23 Å². The molecular formula is C18H28OSi. The number of allylic oxidation sites excluding steroid dienone is 1. The first-order chi connectivity index (χ1) is 8.97. The minimum absolute atomic E-state index is 0.235. The van der Waals surface area contributed by atoms with Crippen LogP contribution in [-0.2, 0) is 0 Å². The minimum atomic E-state index is -1.73. The Bertz CT molecular complexity index is 517. The van der Waals surface area contributed by atoms with Crippen LogP contribution < -0.4 is 4.43 Å². The van der Waals surface area contributed by atoms with Crippen LogP contribution >= 0.6 is 0 Å². The molecule has 1 aliphatic rings. The fraction of sp³-hybridized carbons (Fsp3) is 0.556. The van der Waals surface area contributed by atoms with Crippen molar-refractivity contribution in [3.05, 3.63) is 42.0 Å². The van der Waals surface area contributed by atoms with E-state index in [1.807, 2.05) is 0 Å². The molecule has 0 bridgehead atoms. The molecule has 20 heavy (non-hydrogen) atoms. The highest BCUT2D eigenvalue weighted by Crippen LogP contribution is 2.63. The van der Waals surface area contributed by atoms with Crippen LogP contribution in [0.4, 0.5) is 0 Å². The average molecular weight is 289 g/mol. The number of benzene rings is 1. The summed E-state index contributed by atoms with van der Waals surface area (Å²) in [5.41, 5.74) is 2.97. The van der Waals surface area contributed by atoms with Crippen LogP contribution in [-0.4, -0.2) is 8.32 Å². The van der Waals surface area contributed by atoms with E-state index in [9.17, 15) is 0 Å². The van der Waals surface area contributed by atoms with Crippen molar-refractivity contribution < 1.29 is 4.43 Å². The molecule has 0 aliphatic heterocycles. The zero-order chi connectivity index (χ0) is 15.3. The van der Waals surface area contributed by atoms with Gasteiger partial charge in [0.1, 0.15) is 5.75 Å². The molecule has 2 rings (SSSR count). The third kappa shape index (κ3) is 2.58. The second kappa shape index (κ2) is 4.49. The Hall–Kier alpha value is -1.02. The van der Waals surface area contributed by atoms with Crippen LogP contribution in [0, 0.1) is 5.41 Å². The highest BCUT2D eigenvalue weighted by atomic mass is 28.4. The molecule has 1 fully saturated rings. The fourth-order valence-electron chi connectivity index (χ4n) is 2.43. The Labute approximate surface area is 125 Å². The molecule has 1 aromatic carbocycles. The molecule has 0 aromatic heterocycles. The zero-order valence-electron chi connectivity index (χ0n) is 14.0. The van der Waals surface area contributed by atoms with E-state index in [4.69, 9.17) is 4.43 Å². The van der Waals surface area contributed by atoms with Crippen LogP contribution in [0.1, 0.15) is 46.1 Å². The van der Waals surface area contributed by atoms with E-state index in [0.717, 1.165) is 5.75 Å². The SMILES string of the molecule is C=C1C(c2ccc(O[Si](C)(C)C(C)(C)C)cc2)C1(C)C. The van der Waals surface area contributed by atoms with Crippen molar-refractivity contribution in [1.29, 1.82) is 0 Å². The average Bonchev–Trinajstić information content (AvgIpc) is 2.77. The number of hydrogen-bond acceptors (Lipinski definition) is 1. The van der Waals surface area contributed by atoms with Crippen LogP contribution in [0.2, 0.25) is 18.1 Å². The van der Waals surface area contributed by atoms with Gasteiger partial charge in [-0.15, -0.1) is 0 Å². The maximum atomic E-state index is 6.32. The van der Waals surface area contributed by atoms with Gasteiger partial charge in [0.15, 0.2) is 0 Å². The molecule has 1 aliphatic carbocycles. The first kappa shape index (κ1) is 15.4. The lowest BCUT2D eigenvalue weighted by atomic mass is 10.0. The lowest BCUT2D eigenvalue weighted by molar-refractivity contribution is 0.492. The molecule has 2 heteroatoms. The van der Waals surface area contributed by atoms with Gasteiger partial charge in [0.25, 0.3) is 0 Å². The van der Waals surface area contributed by atoms with Gasteiger partial charge >= 0.3 is 0 Å². The van der Waals surface area contributed by atoms with Gasteiger partial charge < -0.3 is 4.43 Å². The van der Waals surface area contributed by atoms with Gasteiger partial charge in [0.05, 0.1) is 0 Å². The fourth-order valence-corrected chi connectivity index (χ4v) is 3.46. The Morgan fingerprint density at radius 2 is 1.55 bits per heavy atom. The molecule has 1 nitrogen and oxygen atoms in total. The molecule has 1 saturated carbocycles. The molecular weight excluding hydrogens is 260 g/mol. The predicted molar refractivity (Wildman–Crippen MR) is 89.9 cm³/mol. The summed E-state index contributed by atoms with van der Waals surface area (Å²) in [6.07, 6.45) is 0. The van der Waals surface area contributed by atoms with E-state index in [1.165, 1.54) is 11.1 Å². The van der Waals surface area contributed by atoms with Crippen LogP contribution in [0.15, 0.2) is 36.4 Å². The third-order valence-corrected chi connectivity index (χ3v) is 9.57. The van der Waals surface area contributed by atoms with E-state index in [1.54, 1.807) is 0 Å². The van der Waals surface area contributed by atoms with E-state index >= 15 is 0 Å². The highest BCUT2D eigenvalue weighted by molar-refractivity contribution is 6.74. The molecule has 1 atom stereocenters. The Morgan fingerprint density at radius 3 is 1.90 bits per heavy atom. The van der Waals surface area contributed by atoms with E-state index in [-0.39, 0.29) is 10.5 Å². The first-order valence-corrected chi connectivity index (χ1v) is 10.4. The maximum absolute atomic E-state index is 6.32. The summed E-state index contributed by atoms with van der Waals surface area (Å²) in [4.78, 5) is 0. The Morgan fingerprint density at radius 1 is 1.10 bits per heavy atom. The summed E-state index contributed by atoms with van der Waals surface area (Å²) >= 11 is 0. The van der Waals surface area contributed by atoms with Gasteiger partial charge in [-0.2, -0.15) is 0 Å². The van der Waals surface area contributed by atoms with Gasteiger partial charge in [-0.1, -0.05) is 58.9 Å². The van der Waals surface area contributed by atoms with Crippen molar-refractivity contribution >= 4 is 8.32 Å². The smallest absolute Gasteiger partial charge is 0.250 e. The van der Waals surface area contributed by atoms with Gasteiger partial charge in [-0.3, -0.25) is 0 Å². The molecule has 1 aromatic rings. The summed E-state index contributed by atoms with van der Waals surface area (Å²) in [5, 5.41) is 0.235. The molecule has 0 heterocycles. The zero-order valence-corrected chi connectivity index (χ0v) is 15.0. The summed E-state index contributed by atoms with van der Waals surface area (Å²) < 4.78 is 6.32. The summed E-state index contributed by atoms with van der Waals surface area (Å²) in [7, 11) is -1.73. The number of rotatable bonds is 3. The molecule has 0 saturated heterocycles. The first-order valence-electron chi connectivity index (χ1n) is 7.45. The van der Waals surface area contributed by atoms with Gasteiger partial charge in [-0.05, 0) is 41.2 Å². The Balaban J connectivity index is 2.13. The van der Waals surface area contributed by atoms with Gasteiger partial charge in [0.2, 0.25) is 8.32 Å². The van der Waals surface area contributed by atoms with Crippen molar-refractivity contribution in [1.82, 2.24) is 0 Å². The molecule has 110 valence electrons. The molecule has 0 N–H and O–H groups in total. The second-order valence-corrected chi connectivity index (χ2v) is 12.8. The molecule has 0 amide bonds. The summed E-state index contributed by atoms with van der Waals surface area (Å²) in [5.74, 6) is 1.52. The lowest BCUT2D eigenvalue weighted by Gasteiger charge is -2.36. The quantitative estimate of drug-likeness (QED) is 0.508. The second-order valence-electron chi connectivity index (χ2n) is 8.11. The third-order valence-electron chi connectivity index (χ3n) is 5.21. The van der Waals surface area contributed by atoms with Crippen molar-refractivity contribution in [3.63, 3.8) is 0 Å². The van der Waals surface area contributed by atoms with Crippen LogP contribution in [0.3, 0.4) is 0 Å². The number of hydrogen-bond donors (Lipinski definition) is 0. The van der Waals surface area contributed by atoms with E-state index < -0.39 is 8.32 Å². The highest BCUT2D eigenvalue weighted by Gasteiger charge is 2.51. The monoisotopic (exact) mass is 288 g/mol. The van der Waals surface area contributed by atoms with Crippen LogP contribution in [0.5, 0.6) is 5.75 Å². The largest absolute Gasteiger partial charge is 0.544 e.